The van der Waals surface area contributed by atoms with Crippen molar-refractivity contribution in [2.24, 2.45) is 0 Å². The summed E-state index contributed by atoms with van der Waals surface area (Å²) in [6, 6.07) is 0.697. The van der Waals surface area contributed by atoms with E-state index in [4.69, 9.17) is 11.6 Å². The quantitative estimate of drug-likeness (QED) is 0.688. The number of hydrogen-bond acceptors (Lipinski definition) is 2. The minimum atomic E-state index is 0.697. The number of nitrogens with zero attached hydrogens (tertiary/aromatic N) is 1. The zero-order chi connectivity index (χ0) is 8.10. The third kappa shape index (κ3) is 2.81. The van der Waals surface area contributed by atoms with Gasteiger partial charge in [0.05, 0.1) is 0 Å². The van der Waals surface area contributed by atoms with Crippen molar-refractivity contribution in [3.8, 4) is 0 Å². The summed E-state index contributed by atoms with van der Waals surface area (Å²) in [5, 5.41) is 3.33. The van der Waals surface area contributed by atoms with Crippen LogP contribution in [0.5, 0.6) is 0 Å². The minimum Gasteiger partial charge on any atom is -0.315 e. The highest BCUT2D eigenvalue weighted by molar-refractivity contribution is 6.25. The van der Waals surface area contributed by atoms with Crippen LogP contribution in [0.15, 0.2) is 11.6 Å². The molecule has 64 valence electrons. The van der Waals surface area contributed by atoms with Crippen LogP contribution in [0.3, 0.4) is 0 Å². The van der Waals surface area contributed by atoms with Crippen LogP contribution in [0, 0.1) is 0 Å². The average Bonchev–Trinajstić information content (AvgIpc) is 2.52. The van der Waals surface area contributed by atoms with E-state index in [-0.39, 0.29) is 0 Å². The van der Waals surface area contributed by atoms with Crippen LogP contribution in [-0.2, 0) is 0 Å². The molecule has 1 atom stereocenters. The molecular weight excluding hydrogens is 160 g/mol. The van der Waals surface area contributed by atoms with Gasteiger partial charge in [-0.05, 0) is 20.0 Å². The van der Waals surface area contributed by atoms with Crippen molar-refractivity contribution in [2.75, 3.05) is 26.7 Å². The topological polar surface area (TPSA) is 15.3 Å². The molecule has 0 bridgehead atoms. The Morgan fingerprint density at radius 1 is 1.73 bits per heavy atom. The molecule has 0 aromatic rings. The lowest BCUT2D eigenvalue weighted by Crippen LogP contribution is -2.33. The molecule has 0 spiro atoms. The maximum absolute atomic E-state index is 5.43. The smallest absolute Gasteiger partial charge is 0.0232 e. The highest BCUT2D eigenvalue weighted by Crippen LogP contribution is 2.05. The Morgan fingerprint density at radius 3 is 3.09 bits per heavy atom. The summed E-state index contributed by atoms with van der Waals surface area (Å²) >= 11 is 5.43. The molecule has 0 aromatic heterocycles. The summed E-state index contributed by atoms with van der Waals surface area (Å²) in [7, 11) is 2.13. The summed E-state index contributed by atoms with van der Waals surface area (Å²) in [5.41, 5.74) is 1.58. The van der Waals surface area contributed by atoms with Crippen LogP contribution >= 0.6 is 11.6 Å². The summed E-state index contributed by atoms with van der Waals surface area (Å²) < 4.78 is 0. The SMILES string of the molecule is CN(CC=CCl)C1CCNC1. The highest BCUT2D eigenvalue weighted by atomic mass is 35.5. The van der Waals surface area contributed by atoms with Gasteiger partial charge in [0.15, 0.2) is 0 Å². The van der Waals surface area contributed by atoms with Gasteiger partial charge in [0.25, 0.3) is 0 Å². The van der Waals surface area contributed by atoms with Crippen LogP contribution in [0.4, 0.5) is 0 Å². The van der Waals surface area contributed by atoms with Crippen molar-refractivity contribution in [1.29, 1.82) is 0 Å². The van der Waals surface area contributed by atoms with Gasteiger partial charge in [0.1, 0.15) is 0 Å². The van der Waals surface area contributed by atoms with Crippen molar-refractivity contribution in [3.05, 3.63) is 11.6 Å². The summed E-state index contributed by atoms with van der Waals surface area (Å²) in [5.74, 6) is 0. The Morgan fingerprint density at radius 2 is 2.55 bits per heavy atom. The zero-order valence-corrected chi connectivity index (χ0v) is 7.64. The Hall–Kier alpha value is -0.0500. The first kappa shape index (κ1) is 9.04. The van der Waals surface area contributed by atoms with E-state index in [9.17, 15) is 0 Å². The first-order valence-corrected chi connectivity index (χ1v) is 4.44. The number of halogens is 1. The van der Waals surface area contributed by atoms with Gasteiger partial charge in [-0.25, -0.2) is 0 Å². The normalized spacial score (nSPS) is 25.5. The fourth-order valence-corrected chi connectivity index (χ4v) is 1.45. The Bertz CT molecular complexity index is 130. The van der Waals surface area contributed by atoms with Gasteiger partial charge >= 0.3 is 0 Å². The van der Waals surface area contributed by atoms with Crippen LogP contribution in [0.1, 0.15) is 6.42 Å². The van der Waals surface area contributed by atoms with Crippen molar-refractivity contribution < 1.29 is 0 Å². The van der Waals surface area contributed by atoms with Crippen molar-refractivity contribution >= 4 is 11.6 Å². The molecule has 1 saturated heterocycles. The predicted molar refractivity (Wildman–Crippen MR) is 48.9 cm³/mol. The largest absolute Gasteiger partial charge is 0.315 e. The van der Waals surface area contributed by atoms with Gasteiger partial charge < -0.3 is 5.32 Å². The number of nitrogens with one attached hydrogen (secondary N) is 1. The molecule has 0 saturated carbocycles. The van der Waals surface area contributed by atoms with Crippen molar-refractivity contribution in [3.63, 3.8) is 0 Å². The molecule has 1 unspecified atom stereocenters. The number of likely N-dealkylation sites (N-methyl/N-ethyl adjacent to an activating group) is 1. The summed E-state index contributed by atoms with van der Waals surface area (Å²) in [6.07, 6.45) is 3.23. The van der Waals surface area contributed by atoms with Gasteiger partial charge in [0.2, 0.25) is 0 Å². The third-order valence-electron chi connectivity index (χ3n) is 2.14. The van der Waals surface area contributed by atoms with E-state index < -0.39 is 0 Å². The lowest BCUT2D eigenvalue weighted by atomic mass is 10.2. The second-order valence-electron chi connectivity index (χ2n) is 2.95. The molecule has 0 radical (unpaired) electrons. The highest BCUT2D eigenvalue weighted by Gasteiger charge is 2.17. The van der Waals surface area contributed by atoms with Crippen LogP contribution in [0.2, 0.25) is 0 Å². The average molecular weight is 175 g/mol. The van der Waals surface area contributed by atoms with Gasteiger partial charge in [0, 0.05) is 24.7 Å². The summed E-state index contributed by atoms with van der Waals surface area (Å²) in [6.45, 7) is 3.22. The molecule has 3 heteroatoms. The van der Waals surface area contributed by atoms with Crippen LogP contribution in [0.25, 0.3) is 0 Å². The van der Waals surface area contributed by atoms with E-state index in [2.05, 4.69) is 17.3 Å². The molecule has 1 N–H and O–H groups in total. The molecule has 1 heterocycles. The van der Waals surface area contributed by atoms with Gasteiger partial charge in [-0.1, -0.05) is 17.7 Å². The second kappa shape index (κ2) is 4.75. The Balaban J connectivity index is 2.22. The van der Waals surface area contributed by atoms with E-state index >= 15 is 0 Å². The molecule has 11 heavy (non-hydrogen) atoms. The maximum atomic E-state index is 5.43. The monoisotopic (exact) mass is 174 g/mol. The van der Waals surface area contributed by atoms with Gasteiger partial charge in [-0.3, -0.25) is 4.90 Å². The van der Waals surface area contributed by atoms with E-state index in [0.29, 0.717) is 6.04 Å². The van der Waals surface area contributed by atoms with Crippen molar-refractivity contribution in [1.82, 2.24) is 10.2 Å². The van der Waals surface area contributed by atoms with Gasteiger partial charge in [-0.15, -0.1) is 0 Å². The zero-order valence-electron chi connectivity index (χ0n) is 6.89. The second-order valence-corrected chi connectivity index (χ2v) is 3.20. The molecular formula is C8H15ClN2. The standard InChI is InChI=1S/C8H15ClN2/c1-11(6-2-4-9)8-3-5-10-7-8/h2,4,8,10H,3,5-7H2,1H3. The molecule has 2 nitrogen and oxygen atoms in total. The lowest BCUT2D eigenvalue weighted by molar-refractivity contribution is 0.284. The fourth-order valence-electron chi connectivity index (χ4n) is 1.37. The van der Waals surface area contributed by atoms with Crippen LogP contribution < -0.4 is 5.32 Å². The van der Waals surface area contributed by atoms with E-state index in [1.807, 2.05) is 6.08 Å². The number of hydrogen-bond donors (Lipinski definition) is 1. The molecule has 1 rings (SSSR count). The Kier molecular flexibility index (Phi) is 3.91. The molecule has 1 fully saturated rings. The van der Waals surface area contributed by atoms with Gasteiger partial charge in [-0.2, -0.15) is 0 Å². The molecule has 1 aliphatic heterocycles. The van der Waals surface area contributed by atoms with E-state index in [1.165, 1.54) is 6.42 Å². The van der Waals surface area contributed by atoms with Crippen molar-refractivity contribution in [2.45, 2.75) is 12.5 Å². The summed E-state index contributed by atoms with van der Waals surface area (Å²) in [4.78, 5) is 2.32. The molecule has 0 aromatic carbocycles. The van der Waals surface area contributed by atoms with E-state index in [1.54, 1.807) is 5.54 Å². The van der Waals surface area contributed by atoms with E-state index in [0.717, 1.165) is 19.6 Å². The first-order valence-electron chi connectivity index (χ1n) is 4.01. The number of rotatable bonds is 3. The third-order valence-corrected chi connectivity index (χ3v) is 2.32. The molecule has 0 amide bonds. The first-order chi connectivity index (χ1) is 5.34. The minimum absolute atomic E-state index is 0.697. The maximum Gasteiger partial charge on any atom is 0.0232 e. The molecule has 1 aliphatic rings. The fraction of sp³-hybridized carbons (Fsp3) is 0.750. The van der Waals surface area contributed by atoms with Crippen LogP contribution in [-0.4, -0.2) is 37.6 Å². The Labute approximate surface area is 73.2 Å². The lowest BCUT2D eigenvalue weighted by Gasteiger charge is -2.21. The predicted octanol–water partition coefficient (Wildman–Crippen LogP) is 1.03. The molecule has 0 aliphatic carbocycles.